The van der Waals surface area contributed by atoms with E-state index < -0.39 is 6.03 Å². The predicted molar refractivity (Wildman–Crippen MR) is 79.1 cm³/mol. The van der Waals surface area contributed by atoms with E-state index in [2.05, 4.69) is 17.2 Å². The van der Waals surface area contributed by atoms with E-state index in [4.69, 9.17) is 0 Å². The molecule has 6 heteroatoms. The van der Waals surface area contributed by atoms with Crippen LogP contribution in [0.4, 0.5) is 9.18 Å². The smallest absolute Gasteiger partial charge is 0.321 e. The molecule has 0 aliphatic carbocycles. The molecule has 5 nitrogen and oxygen atoms in total. The molecule has 0 bridgehead atoms. The Morgan fingerprint density at radius 1 is 1.38 bits per heavy atom. The van der Waals surface area contributed by atoms with Crippen molar-refractivity contribution in [2.45, 2.75) is 13.0 Å². The second kappa shape index (κ2) is 8.86. The number of halogens is 1. The first-order valence-electron chi connectivity index (χ1n) is 6.65. The van der Waals surface area contributed by atoms with Crippen LogP contribution in [0.2, 0.25) is 0 Å². The lowest BCUT2D eigenvalue weighted by Crippen LogP contribution is -2.39. The number of carbonyl (C=O) groups excluding carboxylic acids is 2. The van der Waals surface area contributed by atoms with E-state index in [1.165, 1.54) is 13.1 Å². The second-order valence-corrected chi connectivity index (χ2v) is 4.49. The van der Waals surface area contributed by atoms with Crippen molar-refractivity contribution in [3.63, 3.8) is 0 Å². The fourth-order valence-corrected chi connectivity index (χ4v) is 1.80. The van der Waals surface area contributed by atoms with Crippen LogP contribution in [-0.2, 0) is 11.3 Å². The number of carbonyl (C=O) groups is 2. The van der Waals surface area contributed by atoms with E-state index in [1.54, 1.807) is 24.3 Å². The minimum absolute atomic E-state index is 0.149. The molecular weight excluding hydrogens is 273 g/mol. The first-order chi connectivity index (χ1) is 10.1. The number of amides is 3. The summed E-state index contributed by atoms with van der Waals surface area (Å²) < 4.78 is 13.6. The molecule has 0 aliphatic rings. The SMILES string of the molecule is C=CCN(CCC(=O)NC(=O)NC)Cc1ccccc1F. The van der Waals surface area contributed by atoms with Crippen molar-refractivity contribution in [3.8, 4) is 0 Å². The van der Waals surface area contributed by atoms with Crippen LogP contribution in [0.5, 0.6) is 0 Å². The van der Waals surface area contributed by atoms with E-state index in [0.29, 0.717) is 25.2 Å². The largest absolute Gasteiger partial charge is 0.341 e. The molecule has 0 unspecified atom stereocenters. The Morgan fingerprint density at radius 2 is 2.10 bits per heavy atom. The molecule has 2 N–H and O–H groups in total. The summed E-state index contributed by atoms with van der Waals surface area (Å²) in [4.78, 5) is 24.4. The van der Waals surface area contributed by atoms with Crippen molar-refractivity contribution in [2.75, 3.05) is 20.1 Å². The summed E-state index contributed by atoms with van der Waals surface area (Å²) in [7, 11) is 1.44. The van der Waals surface area contributed by atoms with Crippen LogP contribution < -0.4 is 10.6 Å². The Kier molecular flexibility index (Phi) is 7.11. The van der Waals surface area contributed by atoms with Gasteiger partial charge in [-0.1, -0.05) is 24.3 Å². The van der Waals surface area contributed by atoms with E-state index in [9.17, 15) is 14.0 Å². The number of benzene rings is 1. The Bertz CT molecular complexity index is 505. The Balaban J connectivity index is 2.54. The van der Waals surface area contributed by atoms with Gasteiger partial charge in [0.2, 0.25) is 5.91 Å². The van der Waals surface area contributed by atoms with Gasteiger partial charge in [-0.15, -0.1) is 6.58 Å². The number of rotatable bonds is 7. The maximum absolute atomic E-state index is 13.6. The average Bonchev–Trinajstić information content (AvgIpc) is 2.47. The monoisotopic (exact) mass is 293 g/mol. The third kappa shape index (κ3) is 6.18. The zero-order valence-electron chi connectivity index (χ0n) is 12.1. The highest BCUT2D eigenvalue weighted by Crippen LogP contribution is 2.10. The van der Waals surface area contributed by atoms with Crippen LogP contribution in [0.1, 0.15) is 12.0 Å². The van der Waals surface area contributed by atoms with Gasteiger partial charge in [0.15, 0.2) is 0 Å². The van der Waals surface area contributed by atoms with Crippen LogP contribution in [0, 0.1) is 5.82 Å². The number of imide groups is 1. The zero-order valence-corrected chi connectivity index (χ0v) is 12.1. The lowest BCUT2D eigenvalue weighted by Gasteiger charge is -2.20. The lowest BCUT2D eigenvalue weighted by molar-refractivity contribution is -0.120. The molecule has 21 heavy (non-hydrogen) atoms. The molecular formula is C15H20FN3O2. The van der Waals surface area contributed by atoms with Gasteiger partial charge in [-0.3, -0.25) is 15.0 Å². The molecule has 0 spiro atoms. The molecule has 0 aliphatic heterocycles. The molecule has 1 aromatic rings. The first kappa shape index (κ1) is 16.8. The average molecular weight is 293 g/mol. The van der Waals surface area contributed by atoms with Gasteiger partial charge < -0.3 is 5.32 Å². The number of nitrogens with zero attached hydrogens (tertiary/aromatic N) is 1. The predicted octanol–water partition coefficient (Wildman–Crippen LogP) is 1.66. The van der Waals surface area contributed by atoms with Gasteiger partial charge in [-0.2, -0.15) is 0 Å². The molecule has 1 rings (SSSR count). The molecule has 0 radical (unpaired) electrons. The summed E-state index contributed by atoms with van der Waals surface area (Å²) in [5, 5.41) is 4.49. The topological polar surface area (TPSA) is 61.4 Å². The van der Waals surface area contributed by atoms with E-state index in [-0.39, 0.29) is 18.1 Å². The van der Waals surface area contributed by atoms with E-state index in [0.717, 1.165) is 0 Å². The first-order valence-corrected chi connectivity index (χ1v) is 6.65. The summed E-state index contributed by atoms with van der Waals surface area (Å²) in [6.07, 6.45) is 1.84. The minimum atomic E-state index is -0.538. The third-order valence-corrected chi connectivity index (χ3v) is 2.87. The minimum Gasteiger partial charge on any atom is -0.341 e. The zero-order chi connectivity index (χ0) is 15.7. The lowest BCUT2D eigenvalue weighted by atomic mass is 10.2. The van der Waals surface area contributed by atoms with Crippen molar-refractivity contribution < 1.29 is 14.0 Å². The Morgan fingerprint density at radius 3 is 2.71 bits per heavy atom. The van der Waals surface area contributed by atoms with Crippen LogP contribution in [0.25, 0.3) is 0 Å². The summed E-state index contributed by atoms with van der Waals surface area (Å²) in [5.74, 6) is -0.654. The van der Waals surface area contributed by atoms with Crippen molar-refractivity contribution in [1.82, 2.24) is 15.5 Å². The molecule has 3 amide bonds. The van der Waals surface area contributed by atoms with Gasteiger partial charge in [0.1, 0.15) is 5.82 Å². The van der Waals surface area contributed by atoms with Gasteiger partial charge >= 0.3 is 6.03 Å². The normalized spacial score (nSPS) is 10.2. The molecule has 0 heterocycles. The van der Waals surface area contributed by atoms with Crippen molar-refractivity contribution in [2.24, 2.45) is 0 Å². The summed E-state index contributed by atoms with van der Waals surface area (Å²) >= 11 is 0. The van der Waals surface area contributed by atoms with E-state index >= 15 is 0 Å². The highest BCUT2D eigenvalue weighted by molar-refractivity contribution is 5.94. The number of hydrogen-bond donors (Lipinski definition) is 2. The molecule has 114 valence electrons. The quantitative estimate of drug-likeness (QED) is 0.752. The van der Waals surface area contributed by atoms with Gasteiger partial charge in [-0.25, -0.2) is 9.18 Å². The Hall–Kier alpha value is -2.21. The van der Waals surface area contributed by atoms with Crippen molar-refractivity contribution in [1.29, 1.82) is 0 Å². The fourth-order valence-electron chi connectivity index (χ4n) is 1.80. The fraction of sp³-hybridized carbons (Fsp3) is 0.333. The van der Waals surface area contributed by atoms with Crippen LogP contribution >= 0.6 is 0 Å². The number of nitrogens with one attached hydrogen (secondary N) is 2. The maximum atomic E-state index is 13.6. The van der Waals surface area contributed by atoms with Gasteiger partial charge in [0, 0.05) is 38.7 Å². The van der Waals surface area contributed by atoms with Crippen LogP contribution in [0.3, 0.4) is 0 Å². The number of hydrogen-bond acceptors (Lipinski definition) is 3. The van der Waals surface area contributed by atoms with Gasteiger partial charge in [0.05, 0.1) is 0 Å². The highest BCUT2D eigenvalue weighted by atomic mass is 19.1. The standard InChI is InChI=1S/C15H20FN3O2/c1-3-9-19(10-8-14(20)18-15(21)17-2)11-12-6-4-5-7-13(12)16/h3-7H,1,8-11H2,2H3,(H2,17,18,20,21). The third-order valence-electron chi connectivity index (χ3n) is 2.87. The highest BCUT2D eigenvalue weighted by Gasteiger charge is 2.11. The number of urea groups is 1. The summed E-state index contributed by atoms with van der Waals surface area (Å²) in [6.45, 7) is 4.97. The second-order valence-electron chi connectivity index (χ2n) is 4.49. The Labute approximate surface area is 123 Å². The maximum Gasteiger partial charge on any atom is 0.321 e. The molecule has 0 atom stereocenters. The van der Waals surface area contributed by atoms with Crippen LogP contribution in [-0.4, -0.2) is 37.0 Å². The van der Waals surface area contributed by atoms with Crippen molar-refractivity contribution in [3.05, 3.63) is 48.3 Å². The molecule has 1 aromatic carbocycles. The summed E-state index contributed by atoms with van der Waals surface area (Å²) in [6, 6.07) is 5.97. The van der Waals surface area contributed by atoms with E-state index in [1.807, 2.05) is 4.90 Å². The van der Waals surface area contributed by atoms with Gasteiger partial charge in [0.25, 0.3) is 0 Å². The molecule has 0 saturated carbocycles. The van der Waals surface area contributed by atoms with Gasteiger partial charge in [-0.05, 0) is 6.07 Å². The molecule has 0 fully saturated rings. The molecule has 0 aromatic heterocycles. The molecule has 0 saturated heterocycles. The van der Waals surface area contributed by atoms with Crippen molar-refractivity contribution >= 4 is 11.9 Å². The van der Waals surface area contributed by atoms with Crippen LogP contribution in [0.15, 0.2) is 36.9 Å². The summed E-state index contributed by atoms with van der Waals surface area (Å²) in [5.41, 5.74) is 0.561.